The zero-order valence-electron chi connectivity index (χ0n) is 15.7. The standard InChI is InChI=1S/C18H20N6O4/c1-4-24-16(26)11-6-7-12(28-5-2)14(27-3)13(11)22-18(24)23-15(25)10-8-20-17(19)21-9-10/h6-9H,4-5H2,1-3H3,(H2,19,20,21)(H,22,23,25). The summed E-state index contributed by atoms with van der Waals surface area (Å²) in [5.41, 5.74) is 5.61. The number of fused-ring (bicyclic) bond motifs is 1. The number of amides is 1. The van der Waals surface area contributed by atoms with Gasteiger partial charge in [-0.15, -0.1) is 0 Å². The van der Waals surface area contributed by atoms with Crippen LogP contribution in [0.25, 0.3) is 10.9 Å². The van der Waals surface area contributed by atoms with E-state index in [0.29, 0.717) is 35.6 Å². The van der Waals surface area contributed by atoms with Crippen LogP contribution < -0.4 is 26.1 Å². The minimum Gasteiger partial charge on any atom is -0.491 e. The van der Waals surface area contributed by atoms with Gasteiger partial charge in [0.15, 0.2) is 11.5 Å². The summed E-state index contributed by atoms with van der Waals surface area (Å²) in [6, 6.07) is 3.29. The average molecular weight is 384 g/mol. The van der Waals surface area contributed by atoms with E-state index >= 15 is 0 Å². The van der Waals surface area contributed by atoms with E-state index in [2.05, 4.69) is 20.3 Å². The number of nitrogens with one attached hydrogen (secondary N) is 1. The number of anilines is 2. The van der Waals surface area contributed by atoms with Crippen LogP contribution in [0.3, 0.4) is 0 Å². The van der Waals surface area contributed by atoms with Crippen LogP contribution in [0.2, 0.25) is 0 Å². The first-order valence-electron chi connectivity index (χ1n) is 8.63. The van der Waals surface area contributed by atoms with Crippen molar-refractivity contribution in [1.82, 2.24) is 19.5 Å². The SMILES string of the molecule is CCOc1ccc2c(=O)n(CC)c(NC(=O)c3cnc(N)nc3)nc2c1OC. The average Bonchev–Trinajstić information content (AvgIpc) is 2.69. The van der Waals surface area contributed by atoms with Crippen molar-refractivity contribution in [3.05, 3.63) is 40.4 Å². The highest BCUT2D eigenvalue weighted by Crippen LogP contribution is 2.33. The first kappa shape index (κ1) is 19.1. The zero-order chi connectivity index (χ0) is 20.3. The maximum Gasteiger partial charge on any atom is 0.262 e. The molecule has 0 saturated carbocycles. The summed E-state index contributed by atoms with van der Waals surface area (Å²) in [5, 5.41) is 2.99. The number of methoxy groups -OCH3 is 1. The van der Waals surface area contributed by atoms with Crippen molar-refractivity contribution >= 4 is 28.7 Å². The summed E-state index contributed by atoms with van der Waals surface area (Å²) in [7, 11) is 1.47. The molecular weight excluding hydrogens is 364 g/mol. The molecule has 0 unspecified atom stereocenters. The number of aromatic nitrogens is 4. The maximum absolute atomic E-state index is 12.9. The predicted octanol–water partition coefficient (Wildman–Crippen LogP) is 1.45. The minimum atomic E-state index is -0.520. The highest BCUT2D eigenvalue weighted by Gasteiger charge is 2.19. The van der Waals surface area contributed by atoms with E-state index < -0.39 is 5.91 Å². The van der Waals surface area contributed by atoms with Crippen molar-refractivity contribution in [3.8, 4) is 11.5 Å². The number of nitrogens with zero attached hydrogens (tertiary/aromatic N) is 4. The fourth-order valence-electron chi connectivity index (χ4n) is 2.73. The molecule has 0 aliphatic carbocycles. The fraction of sp³-hybridized carbons (Fsp3) is 0.278. The lowest BCUT2D eigenvalue weighted by Crippen LogP contribution is -2.27. The van der Waals surface area contributed by atoms with E-state index in [1.54, 1.807) is 19.1 Å². The van der Waals surface area contributed by atoms with Crippen molar-refractivity contribution in [2.45, 2.75) is 20.4 Å². The third-order valence-electron chi connectivity index (χ3n) is 4.02. The highest BCUT2D eigenvalue weighted by molar-refractivity contribution is 6.03. The van der Waals surface area contributed by atoms with Gasteiger partial charge in [0.25, 0.3) is 11.5 Å². The highest BCUT2D eigenvalue weighted by atomic mass is 16.5. The summed E-state index contributed by atoms with van der Waals surface area (Å²) in [5.74, 6) is 0.398. The monoisotopic (exact) mass is 384 g/mol. The second-order valence-electron chi connectivity index (χ2n) is 5.70. The largest absolute Gasteiger partial charge is 0.491 e. The Morgan fingerprint density at radius 2 is 1.96 bits per heavy atom. The molecule has 0 aliphatic rings. The molecule has 0 atom stereocenters. The Bertz CT molecular complexity index is 1080. The molecule has 0 spiro atoms. The molecule has 10 heteroatoms. The topological polar surface area (TPSA) is 134 Å². The van der Waals surface area contributed by atoms with Crippen LogP contribution in [-0.2, 0) is 6.54 Å². The molecule has 146 valence electrons. The Balaban J connectivity index is 2.13. The van der Waals surface area contributed by atoms with Crippen LogP contribution >= 0.6 is 0 Å². The van der Waals surface area contributed by atoms with Gasteiger partial charge in [0.2, 0.25) is 11.9 Å². The number of hydrogen-bond acceptors (Lipinski definition) is 8. The molecule has 3 rings (SSSR count). The number of carbonyl (C=O) groups is 1. The van der Waals surface area contributed by atoms with Crippen molar-refractivity contribution in [2.24, 2.45) is 0 Å². The van der Waals surface area contributed by atoms with Crippen LogP contribution in [0.4, 0.5) is 11.9 Å². The Morgan fingerprint density at radius 1 is 1.25 bits per heavy atom. The normalized spacial score (nSPS) is 10.7. The Morgan fingerprint density at radius 3 is 2.57 bits per heavy atom. The molecule has 0 radical (unpaired) electrons. The number of carbonyl (C=O) groups excluding carboxylic acids is 1. The van der Waals surface area contributed by atoms with Crippen LogP contribution in [-0.4, -0.2) is 39.1 Å². The first-order valence-corrected chi connectivity index (χ1v) is 8.63. The zero-order valence-corrected chi connectivity index (χ0v) is 15.7. The molecule has 28 heavy (non-hydrogen) atoms. The summed E-state index contributed by atoms with van der Waals surface area (Å²) in [6.07, 6.45) is 2.59. The van der Waals surface area contributed by atoms with E-state index in [0.717, 1.165) is 0 Å². The molecular formula is C18H20N6O4. The van der Waals surface area contributed by atoms with Crippen LogP contribution in [0.15, 0.2) is 29.3 Å². The Labute approximate surface area is 160 Å². The molecule has 1 amide bonds. The van der Waals surface area contributed by atoms with Gasteiger partial charge in [0, 0.05) is 18.9 Å². The molecule has 0 fully saturated rings. The van der Waals surface area contributed by atoms with Crippen LogP contribution in [0, 0.1) is 0 Å². The predicted molar refractivity (Wildman–Crippen MR) is 104 cm³/mol. The number of benzene rings is 1. The molecule has 3 aromatic rings. The van der Waals surface area contributed by atoms with Crippen LogP contribution in [0.1, 0.15) is 24.2 Å². The Kier molecular flexibility index (Phi) is 5.39. The van der Waals surface area contributed by atoms with Gasteiger partial charge in [-0.05, 0) is 26.0 Å². The van der Waals surface area contributed by atoms with Gasteiger partial charge in [0.05, 0.1) is 24.7 Å². The lowest BCUT2D eigenvalue weighted by molar-refractivity contribution is 0.102. The van der Waals surface area contributed by atoms with E-state index in [9.17, 15) is 9.59 Å². The van der Waals surface area contributed by atoms with E-state index in [-0.39, 0.29) is 23.0 Å². The summed E-state index contributed by atoms with van der Waals surface area (Å²) < 4.78 is 12.3. The number of ether oxygens (including phenoxy) is 2. The van der Waals surface area contributed by atoms with Crippen molar-refractivity contribution < 1.29 is 14.3 Å². The molecule has 2 heterocycles. The van der Waals surface area contributed by atoms with Gasteiger partial charge in [-0.2, -0.15) is 0 Å². The summed E-state index contributed by atoms with van der Waals surface area (Å²) in [4.78, 5) is 37.5. The van der Waals surface area contributed by atoms with Gasteiger partial charge < -0.3 is 15.2 Å². The molecule has 0 bridgehead atoms. The smallest absolute Gasteiger partial charge is 0.262 e. The molecule has 3 N–H and O–H groups in total. The van der Waals surface area contributed by atoms with Crippen LogP contribution in [0.5, 0.6) is 11.5 Å². The summed E-state index contributed by atoms with van der Waals surface area (Å²) in [6.45, 7) is 4.36. The van der Waals surface area contributed by atoms with E-state index in [1.165, 1.54) is 24.1 Å². The van der Waals surface area contributed by atoms with Gasteiger partial charge in [0.1, 0.15) is 5.52 Å². The van der Waals surface area contributed by atoms with Gasteiger partial charge in [-0.3, -0.25) is 19.5 Å². The second-order valence-corrected chi connectivity index (χ2v) is 5.70. The summed E-state index contributed by atoms with van der Waals surface area (Å²) >= 11 is 0. The number of nitrogens with two attached hydrogens (primary N) is 1. The van der Waals surface area contributed by atoms with E-state index in [4.69, 9.17) is 15.2 Å². The molecule has 10 nitrogen and oxygen atoms in total. The quantitative estimate of drug-likeness (QED) is 0.652. The second kappa shape index (κ2) is 7.91. The van der Waals surface area contributed by atoms with Gasteiger partial charge >= 0.3 is 0 Å². The van der Waals surface area contributed by atoms with Gasteiger partial charge in [-0.1, -0.05) is 0 Å². The minimum absolute atomic E-state index is 0.0547. The molecule has 1 aromatic carbocycles. The van der Waals surface area contributed by atoms with Crippen molar-refractivity contribution in [1.29, 1.82) is 0 Å². The van der Waals surface area contributed by atoms with Crippen molar-refractivity contribution in [3.63, 3.8) is 0 Å². The third kappa shape index (κ3) is 3.43. The van der Waals surface area contributed by atoms with Crippen molar-refractivity contribution in [2.75, 3.05) is 24.8 Å². The number of nitrogen functional groups attached to an aromatic ring is 1. The molecule has 0 aliphatic heterocycles. The lowest BCUT2D eigenvalue weighted by Gasteiger charge is -2.15. The Hall–Kier alpha value is -3.69. The third-order valence-corrected chi connectivity index (χ3v) is 4.02. The molecule has 2 aromatic heterocycles. The fourth-order valence-corrected chi connectivity index (χ4v) is 2.73. The van der Waals surface area contributed by atoms with E-state index in [1.807, 2.05) is 6.92 Å². The number of hydrogen-bond donors (Lipinski definition) is 2. The first-order chi connectivity index (χ1) is 13.5. The van der Waals surface area contributed by atoms with Gasteiger partial charge in [-0.25, -0.2) is 15.0 Å². The maximum atomic E-state index is 12.9. The lowest BCUT2D eigenvalue weighted by atomic mass is 10.2. The number of rotatable bonds is 6. The molecule has 0 saturated heterocycles.